The van der Waals surface area contributed by atoms with Crippen LogP contribution in [0.25, 0.3) is 0 Å². The van der Waals surface area contributed by atoms with Crippen molar-refractivity contribution in [3.63, 3.8) is 0 Å². The molecule has 5 heteroatoms. The minimum absolute atomic E-state index is 0.471. The third-order valence-corrected chi connectivity index (χ3v) is 2.53. The van der Waals surface area contributed by atoms with Crippen LogP contribution in [-0.2, 0) is 9.68 Å². The Balaban J connectivity index is 2.47. The molecule has 1 atom stereocenters. The summed E-state index contributed by atoms with van der Waals surface area (Å²) in [6.45, 7) is 1.52. The maximum Gasteiger partial charge on any atom is 0.372 e. The van der Waals surface area contributed by atoms with Gasteiger partial charge in [0.15, 0.2) is 5.75 Å². The van der Waals surface area contributed by atoms with Crippen molar-refractivity contribution in [1.29, 1.82) is 0 Å². The van der Waals surface area contributed by atoms with Gasteiger partial charge in [-0.3, -0.25) is 4.89 Å². The molecule has 0 spiro atoms. The van der Waals surface area contributed by atoms with Crippen molar-refractivity contribution in [3.8, 4) is 5.75 Å². The maximum atomic E-state index is 11.0. The van der Waals surface area contributed by atoms with Crippen molar-refractivity contribution in [2.24, 2.45) is 0 Å². The SMILES string of the molecule is CSc1ccc(OOC(=O)C(C)Cl)cc1. The van der Waals surface area contributed by atoms with Crippen molar-refractivity contribution in [3.05, 3.63) is 24.3 Å². The van der Waals surface area contributed by atoms with E-state index in [9.17, 15) is 4.79 Å². The average molecular weight is 247 g/mol. The minimum atomic E-state index is -0.713. The van der Waals surface area contributed by atoms with Gasteiger partial charge in [0, 0.05) is 4.90 Å². The zero-order valence-electron chi connectivity index (χ0n) is 8.40. The third-order valence-electron chi connectivity index (χ3n) is 1.60. The molecule has 0 aliphatic carbocycles. The van der Waals surface area contributed by atoms with Crippen LogP contribution in [0.5, 0.6) is 5.75 Å². The van der Waals surface area contributed by atoms with E-state index in [-0.39, 0.29) is 0 Å². The highest BCUT2D eigenvalue weighted by Crippen LogP contribution is 2.19. The van der Waals surface area contributed by atoms with Gasteiger partial charge in [0.25, 0.3) is 0 Å². The fourth-order valence-electron chi connectivity index (χ4n) is 0.787. The second-order valence-corrected chi connectivity index (χ2v) is 4.31. The van der Waals surface area contributed by atoms with E-state index in [0.717, 1.165) is 4.90 Å². The minimum Gasteiger partial charge on any atom is -0.287 e. The Labute approximate surface area is 97.6 Å². The normalized spacial score (nSPS) is 11.9. The predicted molar refractivity (Wildman–Crippen MR) is 60.3 cm³/mol. The fourth-order valence-corrected chi connectivity index (χ4v) is 1.23. The van der Waals surface area contributed by atoms with Gasteiger partial charge >= 0.3 is 5.97 Å². The van der Waals surface area contributed by atoms with Gasteiger partial charge < -0.3 is 0 Å². The van der Waals surface area contributed by atoms with Crippen molar-refractivity contribution in [2.45, 2.75) is 17.2 Å². The van der Waals surface area contributed by atoms with Gasteiger partial charge in [0.05, 0.1) is 0 Å². The van der Waals surface area contributed by atoms with Crippen LogP contribution in [0.4, 0.5) is 0 Å². The number of benzene rings is 1. The van der Waals surface area contributed by atoms with Crippen LogP contribution in [0.15, 0.2) is 29.2 Å². The number of alkyl halides is 1. The highest BCUT2D eigenvalue weighted by Gasteiger charge is 2.12. The third kappa shape index (κ3) is 4.01. The largest absolute Gasteiger partial charge is 0.372 e. The molecule has 0 saturated carbocycles. The topological polar surface area (TPSA) is 35.5 Å². The molecule has 15 heavy (non-hydrogen) atoms. The lowest BCUT2D eigenvalue weighted by molar-refractivity contribution is -0.212. The molecule has 0 heterocycles. The number of rotatable bonds is 4. The fraction of sp³-hybridized carbons (Fsp3) is 0.300. The predicted octanol–water partition coefficient (Wildman–Crippen LogP) is 2.87. The zero-order chi connectivity index (χ0) is 11.3. The molecule has 3 nitrogen and oxygen atoms in total. The van der Waals surface area contributed by atoms with Crippen LogP contribution in [-0.4, -0.2) is 17.6 Å². The number of hydrogen-bond donors (Lipinski definition) is 0. The van der Waals surface area contributed by atoms with Crippen molar-refractivity contribution in [2.75, 3.05) is 6.26 Å². The van der Waals surface area contributed by atoms with Crippen molar-refractivity contribution >= 4 is 29.3 Å². The molecule has 1 aromatic carbocycles. The molecule has 0 aliphatic rings. The lowest BCUT2D eigenvalue weighted by Crippen LogP contribution is -2.16. The summed E-state index contributed by atoms with van der Waals surface area (Å²) < 4.78 is 0. The first kappa shape index (κ1) is 12.2. The molecule has 0 radical (unpaired) electrons. The molecule has 0 N–H and O–H groups in total. The Morgan fingerprint density at radius 3 is 2.47 bits per heavy atom. The van der Waals surface area contributed by atoms with E-state index in [0.29, 0.717) is 5.75 Å². The molecule has 0 fully saturated rings. The molecule has 1 aromatic rings. The van der Waals surface area contributed by atoms with E-state index in [4.69, 9.17) is 16.5 Å². The van der Waals surface area contributed by atoms with Gasteiger partial charge in [-0.25, -0.2) is 9.68 Å². The summed E-state index contributed by atoms with van der Waals surface area (Å²) in [6.07, 6.45) is 1.98. The Bertz CT molecular complexity index is 324. The second kappa shape index (κ2) is 5.88. The smallest absolute Gasteiger partial charge is 0.287 e. The molecule has 0 saturated heterocycles. The van der Waals surface area contributed by atoms with Crippen LogP contribution in [0.3, 0.4) is 0 Å². The second-order valence-electron chi connectivity index (χ2n) is 2.78. The summed E-state index contributed by atoms with van der Waals surface area (Å²) in [6, 6.07) is 7.19. The number of carbonyl (C=O) groups is 1. The summed E-state index contributed by atoms with van der Waals surface area (Å²) in [5.41, 5.74) is 0. The van der Waals surface area contributed by atoms with Crippen LogP contribution in [0.1, 0.15) is 6.92 Å². The van der Waals surface area contributed by atoms with E-state index in [2.05, 4.69) is 4.89 Å². The number of hydrogen-bond acceptors (Lipinski definition) is 4. The molecular formula is C10H11ClO3S. The van der Waals surface area contributed by atoms with Gasteiger partial charge in [0.2, 0.25) is 0 Å². The first-order valence-electron chi connectivity index (χ1n) is 4.30. The van der Waals surface area contributed by atoms with E-state index in [1.807, 2.05) is 18.4 Å². The quantitative estimate of drug-likeness (QED) is 0.354. The van der Waals surface area contributed by atoms with Crippen molar-refractivity contribution in [1.82, 2.24) is 0 Å². The Hall–Kier alpha value is -0.870. The number of carbonyl (C=O) groups excluding carboxylic acids is 1. The van der Waals surface area contributed by atoms with Gasteiger partial charge in [-0.15, -0.1) is 23.4 Å². The van der Waals surface area contributed by atoms with Crippen LogP contribution in [0, 0.1) is 0 Å². The summed E-state index contributed by atoms with van der Waals surface area (Å²) in [5, 5.41) is -0.713. The Morgan fingerprint density at radius 1 is 1.40 bits per heavy atom. The maximum absolute atomic E-state index is 11.0. The first-order valence-corrected chi connectivity index (χ1v) is 5.96. The summed E-state index contributed by atoms with van der Waals surface area (Å²) in [7, 11) is 0. The van der Waals surface area contributed by atoms with Crippen LogP contribution < -0.4 is 4.89 Å². The van der Waals surface area contributed by atoms with Gasteiger partial charge in [-0.1, -0.05) is 0 Å². The Kier molecular flexibility index (Phi) is 4.78. The highest BCUT2D eigenvalue weighted by molar-refractivity contribution is 7.98. The van der Waals surface area contributed by atoms with Gasteiger partial charge in [-0.05, 0) is 37.4 Å². The van der Waals surface area contributed by atoms with E-state index >= 15 is 0 Å². The summed E-state index contributed by atoms with van der Waals surface area (Å²) in [4.78, 5) is 21.3. The zero-order valence-corrected chi connectivity index (χ0v) is 9.97. The van der Waals surface area contributed by atoms with Gasteiger partial charge in [-0.2, -0.15) is 0 Å². The standard InChI is InChI=1S/C10H11ClO3S/c1-7(11)10(12)14-13-8-3-5-9(15-2)6-4-8/h3-7H,1-2H3. The Morgan fingerprint density at radius 2 is 2.00 bits per heavy atom. The van der Waals surface area contributed by atoms with Crippen molar-refractivity contribution < 1.29 is 14.6 Å². The van der Waals surface area contributed by atoms with Crippen LogP contribution >= 0.6 is 23.4 Å². The number of halogens is 1. The molecule has 0 aromatic heterocycles. The highest BCUT2D eigenvalue weighted by atomic mass is 35.5. The number of thioether (sulfide) groups is 1. The van der Waals surface area contributed by atoms with Gasteiger partial charge in [0.1, 0.15) is 5.38 Å². The molecule has 82 valence electrons. The summed E-state index contributed by atoms with van der Waals surface area (Å²) in [5.74, 6) is -0.135. The first-order chi connectivity index (χ1) is 7.13. The average Bonchev–Trinajstić information content (AvgIpc) is 2.26. The lowest BCUT2D eigenvalue weighted by atomic mass is 10.3. The molecule has 0 amide bonds. The van der Waals surface area contributed by atoms with Crippen LogP contribution in [0.2, 0.25) is 0 Å². The molecular weight excluding hydrogens is 236 g/mol. The molecule has 1 unspecified atom stereocenters. The summed E-state index contributed by atoms with van der Waals surface area (Å²) >= 11 is 7.11. The van der Waals surface area contributed by atoms with E-state index < -0.39 is 11.3 Å². The lowest BCUT2D eigenvalue weighted by Gasteiger charge is -2.05. The monoisotopic (exact) mass is 246 g/mol. The van der Waals surface area contributed by atoms with E-state index in [1.165, 1.54) is 6.92 Å². The molecule has 0 bridgehead atoms. The molecule has 0 aliphatic heterocycles. The van der Waals surface area contributed by atoms with E-state index in [1.54, 1.807) is 23.9 Å². The molecule has 1 rings (SSSR count).